The van der Waals surface area contributed by atoms with Crippen LogP contribution in [0.1, 0.15) is 48.0 Å². The Kier molecular flexibility index (Phi) is 13.3. The molecular formula is C16H34O5. The molecule has 0 aromatic carbocycles. The van der Waals surface area contributed by atoms with Crippen LogP contribution in [0.25, 0.3) is 0 Å². The van der Waals surface area contributed by atoms with Crippen LogP contribution in [-0.4, -0.2) is 51.7 Å². The number of hydrogen-bond donors (Lipinski definition) is 0. The molecule has 0 aliphatic carbocycles. The van der Waals surface area contributed by atoms with Crippen LogP contribution in [0.2, 0.25) is 0 Å². The van der Waals surface area contributed by atoms with Crippen molar-refractivity contribution < 1.29 is 23.7 Å². The highest BCUT2D eigenvalue weighted by molar-refractivity contribution is 4.72. The van der Waals surface area contributed by atoms with Crippen molar-refractivity contribution in [3.8, 4) is 0 Å². The minimum Gasteiger partial charge on any atom is -0.378 e. The molecule has 2 atom stereocenters. The van der Waals surface area contributed by atoms with Gasteiger partial charge in [0.2, 0.25) is 0 Å². The molecule has 0 amide bonds. The second kappa shape index (κ2) is 13.5. The van der Waals surface area contributed by atoms with Gasteiger partial charge in [0.15, 0.2) is 12.6 Å². The first-order valence-electron chi connectivity index (χ1n) is 8.22. The second-order valence-corrected chi connectivity index (χ2v) is 4.71. The smallest absolute Gasteiger partial charge is 0.162 e. The van der Waals surface area contributed by atoms with E-state index in [1.807, 2.05) is 34.6 Å². The monoisotopic (exact) mass is 306 g/mol. The zero-order valence-electron chi connectivity index (χ0n) is 14.6. The lowest BCUT2D eigenvalue weighted by Crippen LogP contribution is -2.38. The molecule has 2 unspecified atom stereocenters. The van der Waals surface area contributed by atoms with Gasteiger partial charge in [0.05, 0.1) is 6.10 Å². The Morgan fingerprint density at radius 2 is 1.05 bits per heavy atom. The molecule has 0 saturated carbocycles. The van der Waals surface area contributed by atoms with Crippen molar-refractivity contribution in [2.24, 2.45) is 5.92 Å². The fraction of sp³-hybridized carbons (Fsp3) is 1.00. The van der Waals surface area contributed by atoms with Crippen molar-refractivity contribution in [3.63, 3.8) is 0 Å². The molecule has 0 saturated heterocycles. The van der Waals surface area contributed by atoms with E-state index in [1.54, 1.807) is 0 Å². The average Bonchev–Trinajstić information content (AvgIpc) is 2.46. The summed E-state index contributed by atoms with van der Waals surface area (Å²) in [7, 11) is 0. The van der Waals surface area contributed by atoms with Gasteiger partial charge in [-0.25, -0.2) is 0 Å². The van der Waals surface area contributed by atoms with Gasteiger partial charge in [-0.05, 0) is 34.6 Å². The molecule has 0 aromatic rings. The van der Waals surface area contributed by atoms with E-state index in [2.05, 4.69) is 6.92 Å². The quantitative estimate of drug-likeness (QED) is 0.461. The molecule has 0 fully saturated rings. The molecule has 5 nitrogen and oxygen atoms in total. The van der Waals surface area contributed by atoms with Gasteiger partial charge >= 0.3 is 0 Å². The van der Waals surface area contributed by atoms with Gasteiger partial charge in [-0.3, -0.25) is 0 Å². The van der Waals surface area contributed by atoms with E-state index < -0.39 is 0 Å². The SMILES string of the molecule is CCOC(CC(OCC)C(C)C(OCC)OCC)OCC. The summed E-state index contributed by atoms with van der Waals surface area (Å²) in [6.45, 7) is 15.1. The predicted octanol–water partition coefficient (Wildman–Crippen LogP) is 3.22. The van der Waals surface area contributed by atoms with Crippen LogP contribution < -0.4 is 0 Å². The number of hydrogen-bond acceptors (Lipinski definition) is 5. The van der Waals surface area contributed by atoms with E-state index in [4.69, 9.17) is 23.7 Å². The maximum absolute atomic E-state index is 5.88. The Hall–Kier alpha value is -0.200. The molecule has 5 heteroatoms. The van der Waals surface area contributed by atoms with Gasteiger partial charge in [-0.15, -0.1) is 0 Å². The topological polar surface area (TPSA) is 46.2 Å². The molecule has 0 aliphatic rings. The number of ether oxygens (including phenoxy) is 5. The first kappa shape index (κ1) is 20.8. The van der Waals surface area contributed by atoms with Crippen molar-refractivity contribution in [1.29, 1.82) is 0 Å². The summed E-state index contributed by atoms with van der Waals surface area (Å²) in [5.41, 5.74) is 0. The second-order valence-electron chi connectivity index (χ2n) is 4.71. The lowest BCUT2D eigenvalue weighted by Gasteiger charge is -2.32. The van der Waals surface area contributed by atoms with Crippen LogP contribution in [0, 0.1) is 5.92 Å². The number of rotatable bonds is 14. The molecule has 0 N–H and O–H groups in total. The Bertz CT molecular complexity index is 213. The van der Waals surface area contributed by atoms with E-state index in [-0.39, 0.29) is 24.6 Å². The first-order valence-corrected chi connectivity index (χ1v) is 8.22. The van der Waals surface area contributed by atoms with E-state index in [9.17, 15) is 0 Å². The normalized spacial score (nSPS) is 14.9. The van der Waals surface area contributed by atoms with Gasteiger partial charge in [0.25, 0.3) is 0 Å². The zero-order valence-corrected chi connectivity index (χ0v) is 14.6. The summed E-state index contributed by atoms with van der Waals surface area (Å²) in [4.78, 5) is 0. The summed E-state index contributed by atoms with van der Waals surface area (Å²) in [5, 5.41) is 0. The lowest BCUT2D eigenvalue weighted by molar-refractivity contribution is -0.207. The Labute approximate surface area is 130 Å². The third-order valence-corrected chi connectivity index (χ3v) is 3.19. The summed E-state index contributed by atoms with van der Waals surface area (Å²) >= 11 is 0. The molecule has 0 aliphatic heterocycles. The standard InChI is InChI=1S/C16H34O5/c1-7-17-14(12-15(18-8-2)19-9-3)13(6)16(20-10-4)21-11-5/h13-16H,7-12H2,1-6H3. The van der Waals surface area contributed by atoms with Crippen LogP contribution >= 0.6 is 0 Å². The first-order chi connectivity index (χ1) is 10.1. The highest BCUT2D eigenvalue weighted by Gasteiger charge is 2.30. The van der Waals surface area contributed by atoms with Crippen molar-refractivity contribution in [3.05, 3.63) is 0 Å². The van der Waals surface area contributed by atoms with Crippen LogP contribution in [-0.2, 0) is 23.7 Å². The largest absolute Gasteiger partial charge is 0.378 e. The van der Waals surface area contributed by atoms with Crippen molar-refractivity contribution in [2.45, 2.75) is 66.6 Å². The van der Waals surface area contributed by atoms with E-state index in [1.165, 1.54) is 0 Å². The maximum Gasteiger partial charge on any atom is 0.162 e. The molecular weight excluding hydrogens is 272 g/mol. The van der Waals surface area contributed by atoms with Crippen LogP contribution in [0.5, 0.6) is 0 Å². The lowest BCUT2D eigenvalue weighted by atomic mass is 10.0. The zero-order chi connectivity index (χ0) is 16.1. The molecule has 0 heterocycles. The third-order valence-electron chi connectivity index (χ3n) is 3.19. The summed E-state index contributed by atoms with van der Waals surface area (Å²) in [6, 6.07) is 0. The highest BCUT2D eigenvalue weighted by Crippen LogP contribution is 2.22. The minimum atomic E-state index is -0.263. The van der Waals surface area contributed by atoms with Crippen LogP contribution in [0.4, 0.5) is 0 Å². The van der Waals surface area contributed by atoms with Crippen molar-refractivity contribution in [1.82, 2.24) is 0 Å². The molecule has 0 rings (SSSR count). The van der Waals surface area contributed by atoms with E-state index in [0.717, 1.165) is 0 Å². The van der Waals surface area contributed by atoms with Gasteiger partial charge < -0.3 is 23.7 Å². The van der Waals surface area contributed by atoms with Gasteiger partial charge in [-0.2, -0.15) is 0 Å². The predicted molar refractivity (Wildman–Crippen MR) is 83.3 cm³/mol. The van der Waals surface area contributed by atoms with Crippen molar-refractivity contribution >= 4 is 0 Å². The highest BCUT2D eigenvalue weighted by atomic mass is 16.7. The third kappa shape index (κ3) is 8.73. The van der Waals surface area contributed by atoms with Gasteiger partial charge in [0, 0.05) is 45.4 Å². The molecule has 0 aromatic heterocycles. The fourth-order valence-electron chi connectivity index (χ4n) is 2.25. The Balaban J connectivity index is 4.72. The van der Waals surface area contributed by atoms with Gasteiger partial charge in [-0.1, -0.05) is 6.92 Å². The molecule has 128 valence electrons. The maximum atomic E-state index is 5.88. The Morgan fingerprint density at radius 1 is 0.619 bits per heavy atom. The molecule has 21 heavy (non-hydrogen) atoms. The Morgan fingerprint density at radius 3 is 1.43 bits per heavy atom. The average molecular weight is 306 g/mol. The molecule has 0 radical (unpaired) electrons. The fourth-order valence-corrected chi connectivity index (χ4v) is 2.25. The van der Waals surface area contributed by atoms with Crippen LogP contribution in [0.15, 0.2) is 0 Å². The van der Waals surface area contributed by atoms with E-state index in [0.29, 0.717) is 39.5 Å². The van der Waals surface area contributed by atoms with Gasteiger partial charge in [0.1, 0.15) is 0 Å². The van der Waals surface area contributed by atoms with Crippen LogP contribution in [0.3, 0.4) is 0 Å². The minimum absolute atomic E-state index is 0.0267. The van der Waals surface area contributed by atoms with Crippen molar-refractivity contribution in [2.75, 3.05) is 33.0 Å². The summed E-state index contributed by atoms with van der Waals surface area (Å²) < 4.78 is 28.5. The van der Waals surface area contributed by atoms with E-state index >= 15 is 0 Å². The summed E-state index contributed by atoms with van der Waals surface area (Å²) in [6.07, 6.45) is 0.136. The molecule has 0 bridgehead atoms. The molecule has 0 spiro atoms. The summed E-state index contributed by atoms with van der Waals surface area (Å²) in [5.74, 6) is 0.105.